The second-order valence-corrected chi connectivity index (χ2v) is 4.35. The van der Waals surface area contributed by atoms with Crippen LogP contribution in [0.25, 0.3) is 0 Å². The molecule has 0 aliphatic carbocycles. The first kappa shape index (κ1) is 12.5. The van der Waals surface area contributed by atoms with Crippen molar-refractivity contribution in [3.05, 3.63) is 35.4 Å². The maximum atomic E-state index is 13.1. The van der Waals surface area contributed by atoms with Gasteiger partial charge < -0.3 is 10.1 Å². The fraction of sp³-hybridized carbons (Fsp3) is 0.538. The summed E-state index contributed by atoms with van der Waals surface area (Å²) in [5.74, 6) is -0.799. The van der Waals surface area contributed by atoms with Gasteiger partial charge in [0.2, 0.25) is 0 Å². The van der Waals surface area contributed by atoms with E-state index in [1.165, 1.54) is 12.1 Å². The third-order valence-electron chi connectivity index (χ3n) is 3.08. The topological polar surface area (TPSA) is 21.3 Å². The largest absolute Gasteiger partial charge is 0.373 e. The number of hydrogen-bond donors (Lipinski definition) is 1. The third kappa shape index (κ3) is 3.01. The number of halogens is 2. The highest BCUT2D eigenvalue weighted by atomic mass is 19.1. The minimum Gasteiger partial charge on any atom is -0.373 e. The SMILES string of the molecule is CCNCC1CCOC1c1cc(F)cc(F)c1. The molecule has 1 aliphatic heterocycles. The van der Waals surface area contributed by atoms with Gasteiger partial charge in [-0.2, -0.15) is 0 Å². The normalized spacial score (nSPS) is 24.2. The van der Waals surface area contributed by atoms with Crippen LogP contribution in [0.15, 0.2) is 18.2 Å². The van der Waals surface area contributed by atoms with Crippen LogP contribution in [0.2, 0.25) is 0 Å². The Balaban J connectivity index is 2.14. The molecule has 0 aromatic heterocycles. The van der Waals surface area contributed by atoms with Crippen LogP contribution in [0.5, 0.6) is 0 Å². The van der Waals surface area contributed by atoms with E-state index in [1.54, 1.807) is 0 Å². The summed E-state index contributed by atoms with van der Waals surface area (Å²) in [5, 5.41) is 3.25. The van der Waals surface area contributed by atoms with Crippen LogP contribution in [0, 0.1) is 17.6 Å². The fourth-order valence-corrected chi connectivity index (χ4v) is 2.28. The summed E-state index contributed by atoms with van der Waals surface area (Å²) in [6.07, 6.45) is 0.731. The van der Waals surface area contributed by atoms with Crippen LogP contribution >= 0.6 is 0 Å². The quantitative estimate of drug-likeness (QED) is 0.875. The zero-order valence-electron chi connectivity index (χ0n) is 9.88. The van der Waals surface area contributed by atoms with Crippen molar-refractivity contribution in [1.29, 1.82) is 0 Å². The first-order valence-electron chi connectivity index (χ1n) is 5.99. The molecule has 2 unspecified atom stereocenters. The van der Waals surface area contributed by atoms with Crippen LogP contribution in [0.4, 0.5) is 8.78 Å². The lowest BCUT2D eigenvalue weighted by molar-refractivity contribution is 0.0901. The Bertz CT molecular complexity index is 363. The van der Waals surface area contributed by atoms with Gasteiger partial charge in [-0.25, -0.2) is 8.78 Å². The van der Waals surface area contributed by atoms with E-state index < -0.39 is 11.6 Å². The molecule has 2 nitrogen and oxygen atoms in total. The first-order chi connectivity index (χ1) is 8.20. The van der Waals surface area contributed by atoms with Gasteiger partial charge in [0.1, 0.15) is 11.6 Å². The monoisotopic (exact) mass is 241 g/mol. The number of nitrogens with one attached hydrogen (secondary N) is 1. The van der Waals surface area contributed by atoms with Gasteiger partial charge in [-0.05, 0) is 30.7 Å². The van der Waals surface area contributed by atoms with Gasteiger partial charge in [-0.3, -0.25) is 0 Å². The molecule has 0 spiro atoms. The van der Waals surface area contributed by atoms with Gasteiger partial charge in [0.25, 0.3) is 0 Å². The van der Waals surface area contributed by atoms with E-state index in [4.69, 9.17) is 4.74 Å². The van der Waals surface area contributed by atoms with Crippen molar-refractivity contribution in [3.63, 3.8) is 0 Å². The molecule has 1 aliphatic rings. The van der Waals surface area contributed by atoms with Crippen molar-refractivity contribution in [2.45, 2.75) is 19.4 Å². The first-order valence-corrected chi connectivity index (χ1v) is 5.99. The molecule has 1 heterocycles. The molecule has 1 saturated heterocycles. The zero-order valence-corrected chi connectivity index (χ0v) is 9.88. The predicted octanol–water partition coefficient (Wildman–Crippen LogP) is 2.65. The second kappa shape index (κ2) is 5.56. The van der Waals surface area contributed by atoms with Gasteiger partial charge in [0.05, 0.1) is 6.10 Å². The Labute approximate surface area is 100.0 Å². The van der Waals surface area contributed by atoms with Crippen molar-refractivity contribution >= 4 is 0 Å². The van der Waals surface area contributed by atoms with Gasteiger partial charge in [0.15, 0.2) is 0 Å². The Morgan fingerprint density at radius 2 is 2.00 bits per heavy atom. The molecule has 0 radical (unpaired) electrons. The molecule has 2 rings (SSSR count). The Morgan fingerprint density at radius 3 is 2.65 bits per heavy atom. The Kier molecular flexibility index (Phi) is 4.07. The maximum absolute atomic E-state index is 13.1. The van der Waals surface area contributed by atoms with Gasteiger partial charge in [-0.1, -0.05) is 6.92 Å². The number of rotatable bonds is 4. The van der Waals surface area contributed by atoms with Crippen LogP contribution < -0.4 is 5.32 Å². The van der Waals surface area contributed by atoms with E-state index in [2.05, 4.69) is 5.32 Å². The highest BCUT2D eigenvalue weighted by Gasteiger charge is 2.29. The molecule has 1 aromatic rings. The van der Waals surface area contributed by atoms with Crippen molar-refractivity contribution < 1.29 is 13.5 Å². The van der Waals surface area contributed by atoms with Gasteiger partial charge >= 0.3 is 0 Å². The summed E-state index contributed by atoms with van der Waals surface area (Å²) < 4.78 is 31.9. The van der Waals surface area contributed by atoms with Crippen molar-refractivity contribution in [2.24, 2.45) is 5.92 Å². The lowest BCUT2D eigenvalue weighted by Crippen LogP contribution is -2.24. The van der Waals surface area contributed by atoms with Gasteiger partial charge in [0, 0.05) is 25.1 Å². The molecule has 0 amide bonds. The lowest BCUT2D eigenvalue weighted by Gasteiger charge is -2.19. The molecule has 4 heteroatoms. The van der Waals surface area contributed by atoms with E-state index in [0.29, 0.717) is 12.2 Å². The molecule has 0 saturated carbocycles. The third-order valence-corrected chi connectivity index (χ3v) is 3.08. The van der Waals surface area contributed by atoms with Crippen molar-refractivity contribution in [2.75, 3.05) is 19.7 Å². The van der Waals surface area contributed by atoms with Crippen molar-refractivity contribution in [3.8, 4) is 0 Å². The molecular formula is C13H17F2NO. The van der Waals surface area contributed by atoms with E-state index in [0.717, 1.165) is 25.6 Å². The van der Waals surface area contributed by atoms with Crippen LogP contribution in [-0.4, -0.2) is 19.7 Å². The van der Waals surface area contributed by atoms with Crippen LogP contribution in [-0.2, 0) is 4.74 Å². The summed E-state index contributed by atoms with van der Waals surface area (Å²) >= 11 is 0. The Morgan fingerprint density at radius 1 is 1.29 bits per heavy atom. The van der Waals surface area contributed by atoms with Crippen LogP contribution in [0.1, 0.15) is 25.0 Å². The number of ether oxygens (including phenoxy) is 1. The number of hydrogen-bond acceptors (Lipinski definition) is 2. The standard InChI is InChI=1S/C13H17F2NO/c1-2-16-8-9-3-4-17-13(9)10-5-11(14)7-12(15)6-10/h5-7,9,13,16H,2-4,8H2,1H3. The minimum atomic E-state index is -0.544. The van der Waals surface area contributed by atoms with E-state index in [9.17, 15) is 8.78 Å². The van der Waals surface area contributed by atoms with E-state index in [-0.39, 0.29) is 12.0 Å². The molecule has 17 heavy (non-hydrogen) atoms. The number of benzene rings is 1. The van der Waals surface area contributed by atoms with Crippen LogP contribution in [0.3, 0.4) is 0 Å². The molecular weight excluding hydrogens is 224 g/mol. The highest BCUT2D eigenvalue weighted by molar-refractivity contribution is 5.21. The molecule has 94 valence electrons. The molecule has 1 aromatic carbocycles. The van der Waals surface area contributed by atoms with E-state index in [1.807, 2.05) is 6.92 Å². The Hall–Kier alpha value is -1.00. The summed E-state index contributed by atoms with van der Waals surface area (Å²) in [5.41, 5.74) is 0.600. The smallest absolute Gasteiger partial charge is 0.126 e. The average Bonchev–Trinajstić information content (AvgIpc) is 2.73. The fourth-order valence-electron chi connectivity index (χ4n) is 2.28. The average molecular weight is 241 g/mol. The molecule has 1 fully saturated rings. The lowest BCUT2D eigenvalue weighted by atomic mass is 9.95. The summed E-state index contributed by atoms with van der Waals surface area (Å²) in [6.45, 7) is 4.39. The zero-order chi connectivity index (χ0) is 12.3. The minimum absolute atomic E-state index is 0.195. The molecule has 0 bridgehead atoms. The van der Waals surface area contributed by atoms with Gasteiger partial charge in [-0.15, -0.1) is 0 Å². The summed E-state index contributed by atoms with van der Waals surface area (Å²) in [4.78, 5) is 0. The highest BCUT2D eigenvalue weighted by Crippen LogP contribution is 2.34. The van der Waals surface area contributed by atoms with E-state index >= 15 is 0 Å². The second-order valence-electron chi connectivity index (χ2n) is 4.35. The summed E-state index contributed by atoms with van der Waals surface area (Å²) in [7, 11) is 0. The van der Waals surface area contributed by atoms with Crippen molar-refractivity contribution in [1.82, 2.24) is 5.32 Å². The maximum Gasteiger partial charge on any atom is 0.126 e. The summed E-state index contributed by atoms with van der Waals surface area (Å²) in [6, 6.07) is 3.60. The predicted molar refractivity (Wildman–Crippen MR) is 61.7 cm³/mol. The molecule has 2 atom stereocenters. The molecule has 1 N–H and O–H groups in total.